The van der Waals surface area contributed by atoms with Gasteiger partial charge in [-0.2, -0.15) is 4.31 Å². The van der Waals surface area contributed by atoms with Crippen LogP contribution in [0.4, 0.5) is 6.01 Å². The zero-order chi connectivity index (χ0) is 22.7. The topological polar surface area (TPSA) is 115 Å². The molecule has 0 saturated heterocycles. The van der Waals surface area contributed by atoms with Crippen molar-refractivity contribution in [1.29, 1.82) is 0 Å². The number of ether oxygens (including phenoxy) is 1. The highest BCUT2D eigenvalue weighted by Gasteiger charge is 2.30. The smallest absolute Gasteiger partial charge is 0.322 e. The minimum atomic E-state index is -3.60. The largest absolute Gasteiger partial charge is 0.497 e. The molecule has 1 amide bonds. The molecule has 0 aliphatic heterocycles. The molecule has 0 atom stereocenters. The highest BCUT2D eigenvalue weighted by Crippen LogP contribution is 2.27. The number of methoxy groups -OCH3 is 1. The van der Waals surface area contributed by atoms with Crippen LogP contribution in [-0.4, -0.2) is 49.0 Å². The van der Waals surface area contributed by atoms with Crippen molar-refractivity contribution >= 4 is 21.9 Å². The van der Waals surface area contributed by atoms with Crippen LogP contribution in [-0.2, 0) is 10.0 Å². The first-order valence-corrected chi connectivity index (χ1v) is 11.7. The van der Waals surface area contributed by atoms with Gasteiger partial charge in [0.2, 0.25) is 15.9 Å². The van der Waals surface area contributed by atoms with Crippen LogP contribution < -0.4 is 10.1 Å². The standard InChI is InChI=1S/C22H24N4O5S/c1-26(17-5-3-4-6-17)32(28,29)19-13-9-15(10-14-19)20(27)23-22-25-24-21(31-22)16-7-11-18(30-2)12-8-16/h7-14,17H,3-6H2,1-2H3,(H,23,25,27). The molecular formula is C22H24N4O5S. The number of sulfonamides is 1. The average molecular weight is 457 g/mol. The van der Waals surface area contributed by atoms with Gasteiger partial charge in [-0.05, 0) is 61.4 Å². The number of hydrogen-bond donors (Lipinski definition) is 1. The van der Waals surface area contributed by atoms with Gasteiger partial charge in [-0.15, -0.1) is 5.10 Å². The van der Waals surface area contributed by atoms with E-state index in [1.54, 1.807) is 38.4 Å². The maximum atomic E-state index is 12.9. The number of amides is 1. The van der Waals surface area contributed by atoms with Crippen molar-refractivity contribution in [3.8, 4) is 17.2 Å². The van der Waals surface area contributed by atoms with Gasteiger partial charge in [0.1, 0.15) is 5.75 Å². The summed E-state index contributed by atoms with van der Waals surface area (Å²) in [7, 11) is -0.417. The minimum absolute atomic E-state index is 0.0281. The lowest BCUT2D eigenvalue weighted by Gasteiger charge is -2.23. The summed E-state index contributed by atoms with van der Waals surface area (Å²) in [6.45, 7) is 0. The Bertz CT molecular complexity index is 1180. The van der Waals surface area contributed by atoms with E-state index in [2.05, 4.69) is 15.5 Å². The molecule has 1 aliphatic rings. The molecular weight excluding hydrogens is 432 g/mol. The van der Waals surface area contributed by atoms with Crippen LogP contribution in [0.1, 0.15) is 36.0 Å². The summed E-state index contributed by atoms with van der Waals surface area (Å²) >= 11 is 0. The molecule has 168 valence electrons. The lowest BCUT2D eigenvalue weighted by Crippen LogP contribution is -2.35. The molecule has 2 aromatic carbocycles. The molecule has 0 bridgehead atoms. The predicted octanol–water partition coefficient (Wildman–Crippen LogP) is 3.56. The molecule has 1 heterocycles. The summed E-state index contributed by atoms with van der Waals surface area (Å²) in [4.78, 5) is 12.7. The quantitative estimate of drug-likeness (QED) is 0.578. The number of carbonyl (C=O) groups excluding carboxylic acids is 1. The average Bonchev–Trinajstić information content (AvgIpc) is 3.51. The number of benzene rings is 2. The molecule has 1 saturated carbocycles. The second-order valence-corrected chi connectivity index (χ2v) is 9.58. The SMILES string of the molecule is COc1ccc(-c2nnc(NC(=O)c3ccc(S(=O)(=O)N(C)C4CCCC4)cc3)o2)cc1. The zero-order valence-electron chi connectivity index (χ0n) is 17.8. The number of hydrogen-bond acceptors (Lipinski definition) is 7. The second kappa shape index (κ2) is 9.09. The predicted molar refractivity (Wildman–Crippen MR) is 118 cm³/mol. The number of nitrogens with one attached hydrogen (secondary N) is 1. The zero-order valence-corrected chi connectivity index (χ0v) is 18.6. The fraction of sp³-hybridized carbons (Fsp3) is 0.318. The molecule has 3 aromatic rings. The van der Waals surface area contributed by atoms with Crippen molar-refractivity contribution in [2.45, 2.75) is 36.6 Å². The molecule has 1 fully saturated rings. The molecule has 4 rings (SSSR count). The maximum absolute atomic E-state index is 12.9. The van der Waals surface area contributed by atoms with E-state index in [4.69, 9.17) is 9.15 Å². The van der Waals surface area contributed by atoms with E-state index in [9.17, 15) is 13.2 Å². The monoisotopic (exact) mass is 456 g/mol. The van der Waals surface area contributed by atoms with E-state index < -0.39 is 15.9 Å². The summed E-state index contributed by atoms with van der Waals surface area (Å²) in [6, 6.07) is 12.8. The van der Waals surface area contributed by atoms with Gasteiger partial charge in [-0.25, -0.2) is 8.42 Å². The van der Waals surface area contributed by atoms with Crippen LogP contribution in [0.2, 0.25) is 0 Å². The van der Waals surface area contributed by atoms with E-state index in [0.717, 1.165) is 25.7 Å². The summed E-state index contributed by atoms with van der Waals surface area (Å²) in [5.41, 5.74) is 0.955. The van der Waals surface area contributed by atoms with Gasteiger partial charge >= 0.3 is 6.01 Å². The second-order valence-electron chi connectivity index (χ2n) is 7.58. The molecule has 0 unspecified atom stereocenters. The summed E-state index contributed by atoms with van der Waals surface area (Å²) in [5.74, 6) is 0.462. The summed E-state index contributed by atoms with van der Waals surface area (Å²) in [6.07, 6.45) is 3.83. The first-order chi connectivity index (χ1) is 15.4. The Morgan fingerprint density at radius 1 is 1.06 bits per heavy atom. The lowest BCUT2D eigenvalue weighted by atomic mass is 10.2. The molecule has 0 radical (unpaired) electrons. The minimum Gasteiger partial charge on any atom is -0.497 e. The van der Waals surface area contributed by atoms with Crippen LogP contribution in [0, 0.1) is 0 Å². The van der Waals surface area contributed by atoms with E-state index in [1.807, 2.05) is 0 Å². The van der Waals surface area contributed by atoms with Crippen LogP contribution >= 0.6 is 0 Å². The van der Waals surface area contributed by atoms with Crippen LogP contribution in [0.5, 0.6) is 5.75 Å². The van der Waals surface area contributed by atoms with E-state index in [-0.39, 0.29) is 28.4 Å². The molecule has 32 heavy (non-hydrogen) atoms. The maximum Gasteiger partial charge on any atom is 0.322 e. The molecule has 0 spiro atoms. The van der Waals surface area contributed by atoms with Crippen LogP contribution in [0.25, 0.3) is 11.5 Å². The van der Waals surface area contributed by atoms with Crippen molar-refractivity contribution in [2.75, 3.05) is 19.5 Å². The fourth-order valence-corrected chi connectivity index (χ4v) is 5.12. The Morgan fingerprint density at radius 3 is 2.34 bits per heavy atom. The molecule has 9 nitrogen and oxygen atoms in total. The normalized spacial score (nSPS) is 14.6. The van der Waals surface area contributed by atoms with Gasteiger partial charge in [0.15, 0.2) is 0 Å². The van der Waals surface area contributed by atoms with Crippen molar-refractivity contribution in [3.05, 3.63) is 54.1 Å². The number of nitrogens with zero attached hydrogens (tertiary/aromatic N) is 3. The van der Waals surface area contributed by atoms with Gasteiger partial charge < -0.3 is 9.15 Å². The number of anilines is 1. The van der Waals surface area contributed by atoms with Gasteiger partial charge in [-0.3, -0.25) is 10.1 Å². The molecule has 1 N–H and O–H groups in total. The summed E-state index contributed by atoms with van der Waals surface area (Å²) < 4.78 is 37.8. The third-order valence-electron chi connectivity index (χ3n) is 5.61. The van der Waals surface area contributed by atoms with Gasteiger partial charge in [0.25, 0.3) is 5.91 Å². The third kappa shape index (κ3) is 4.51. The molecule has 1 aromatic heterocycles. The fourth-order valence-electron chi connectivity index (χ4n) is 3.70. The van der Waals surface area contributed by atoms with Crippen molar-refractivity contribution in [2.24, 2.45) is 0 Å². The van der Waals surface area contributed by atoms with Crippen LogP contribution in [0.3, 0.4) is 0 Å². The first-order valence-electron chi connectivity index (χ1n) is 10.3. The lowest BCUT2D eigenvalue weighted by molar-refractivity contribution is 0.102. The third-order valence-corrected chi connectivity index (χ3v) is 7.54. The van der Waals surface area contributed by atoms with Crippen LogP contribution in [0.15, 0.2) is 57.8 Å². The first kappa shape index (κ1) is 22.0. The van der Waals surface area contributed by atoms with Gasteiger partial charge in [0.05, 0.1) is 12.0 Å². The number of carbonyl (C=O) groups is 1. The Kier molecular flexibility index (Phi) is 6.24. The molecule has 1 aliphatic carbocycles. The van der Waals surface area contributed by atoms with E-state index in [0.29, 0.717) is 11.3 Å². The highest BCUT2D eigenvalue weighted by atomic mass is 32.2. The number of aromatic nitrogens is 2. The molecule has 10 heteroatoms. The van der Waals surface area contributed by atoms with Crippen molar-refractivity contribution < 1.29 is 22.4 Å². The Labute approximate surface area is 186 Å². The van der Waals surface area contributed by atoms with E-state index in [1.165, 1.54) is 28.6 Å². The number of rotatable bonds is 7. The Hall–Kier alpha value is -3.24. The van der Waals surface area contributed by atoms with Crippen molar-refractivity contribution in [3.63, 3.8) is 0 Å². The highest BCUT2D eigenvalue weighted by molar-refractivity contribution is 7.89. The summed E-state index contributed by atoms with van der Waals surface area (Å²) in [5, 5.41) is 10.3. The van der Waals surface area contributed by atoms with Gasteiger partial charge in [0, 0.05) is 24.2 Å². The Morgan fingerprint density at radius 2 is 1.72 bits per heavy atom. The van der Waals surface area contributed by atoms with Gasteiger partial charge in [-0.1, -0.05) is 17.9 Å². The Balaban J connectivity index is 1.43. The van der Waals surface area contributed by atoms with E-state index >= 15 is 0 Å². The van der Waals surface area contributed by atoms with Crippen molar-refractivity contribution in [1.82, 2.24) is 14.5 Å².